The summed E-state index contributed by atoms with van der Waals surface area (Å²) >= 11 is 3.41. The highest BCUT2D eigenvalue weighted by molar-refractivity contribution is 9.10. The van der Waals surface area contributed by atoms with Gasteiger partial charge in [-0.1, -0.05) is 51.4 Å². The van der Waals surface area contributed by atoms with E-state index < -0.39 is 0 Å². The molecular formula is C22H17BrN2O3. The molecule has 0 saturated carbocycles. The van der Waals surface area contributed by atoms with Crippen LogP contribution in [0.1, 0.15) is 28.6 Å². The van der Waals surface area contributed by atoms with Gasteiger partial charge >= 0.3 is 0 Å². The summed E-state index contributed by atoms with van der Waals surface area (Å²) in [6.45, 7) is 3.43. The fraction of sp³-hybridized carbons (Fsp3) is 0.136. The van der Waals surface area contributed by atoms with Crippen LogP contribution in [-0.2, 0) is 6.54 Å². The van der Waals surface area contributed by atoms with Crippen molar-refractivity contribution in [3.8, 4) is 11.3 Å². The zero-order chi connectivity index (χ0) is 19.8. The molecule has 2 aromatic carbocycles. The van der Waals surface area contributed by atoms with Crippen LogP contribution in [0.3, 0.4) is 0 Å². The fourth-order valence-corrected chi connectivity index (χ4v) is 3.70. The Kier molecular flexibility index (Phi) is 4.73. The third kappa shape index (κ3) is 3.20. The lowest BCUT2D eigenvalue weighted by atomic mass is 10.0. The van der Waals surface area contributed by atoms with E-state index >= 15 is 0 Å². The van der Waals surface area contributed by atoms with Gasteiger partial charge in [-0.05, 0) is 37.6 Å². The number of nitrogens with zero attached hydrogens (tertiary/aromatic N) is 2. The lowest BCUT2D eigenvalue weighted by Gasteiger charge is -2.13. The van der Waals surface area contributed by atoms with Crippen LogP contribution < -0.4 is 5.56 Å². The van der Waals surface area contributed by atoms with E-state index in [9.17, 15) is 9.59 Å². The molecule has 4 rings (SSSR count). The highest BCUT2D eigenvalue weighted by Gasteiger charge is 2.18. The third-order valence-electron chi connectivity index (χ3n) is 4.80. The van der Waals surface area contributed by atoms with Crippen molar-refractivity contribution >= 4 is 32.6 Å². The zero-order valence-corrected chi connectivity index (χ0v) is 17.0. The summed E-state index contributed by atoms with van der Waals surface area (Å²) in [5, 5.41) is 5.00. The molecule has 0 aliphatic carbocycles. The van der Waals surface area contributed by atoms with Crippen LogP contribution in [0, 0.1) is 6.92 Å². The number of benzene rings is 2. The summed E-state index contributed by atoms with van der Waals surface area (Å²) in [4.78, 5) is 25.1. The maximum atomic E-state index is 13.0. The predicted octanol–water partition coefficient (Wildman–Crippen LogP) is 4.98. The Hall–Kier alpha value is -2.99. The van der Waals surface area contributed by atoms with Gasteiger partial charge in [0.25, 0.3) is 5.56 Å². The molecule has 0 amide bonds. The minimum Gasteiger partial charge on any atom is -0.359 e. The fourth-order valence-electron chi connectivity index (χ4n) is 3.44. The van der Waals surface area contributed by atoms with Gasteiger partial charge in [-0.25, -0.2) is 0 Å². The normalized spacial score (nSPS) is 11.1. The largest absolute Gasteiger partial charge is 0.359 e. The molecule has 0 aliphatic heterocycles. The molecule has 6 heteroatoms. The summed E-state index contributed by atoms with van der Waals surface area (Å²) in [6, 6.07) is 17.1. The molecule has 0 bridgehead atoms. The number of aryl methyl sites for hydroxylation is 1. The number of pyridine rings is 1. The number of rotatable bonds is 4. The highest BCUT2D eigenvalue weighted by Crippen LogP contribution is 2.24. The molecule has 0 unspecified atom stereocenters. The minimum atomic E-state index is -0.315. The molecule has 0 radical (unpaired) electrons. The number of hydrogen-bond donors (Lipinski definition) is 0. The standard InChI is InChI=1S/C22H17BrN2O3/c1-13-18-5-3-4-6-20(18)25(22(27)21(13)14(2)26)12-17-11-19(24-28-17)15-7-9-16(23)10-8-15/h3-11H,12H2,1-2H3. The number of ketones is 1. The second-order valence-electron chi connectivity index (χ2n) is 6.65. The Labute approximate surface area is 169 Å². The maximum Gasteiger partial charge on any atom is 0.262 e. The summed E-state index contributed by atoms with van der Waals surface area (Å²) < 4.78 is 8.04. The van der Waals surface area contributed by atoms with Crippen molar-refractivity contribution in [1.29, 1.82) is 0 Å². The van der Waals surface area contributed by atoms with Gasteiger partial charge < -0.3 is 4.52 Å². The van der Waals surface area contributed by atoms with Gasteiger partial charge in [0.2, 0.25) is 0 Å². The quantitative estimate of drug-likeness (QED) is 0.423. The molecular weight excluding hydrogens is 420 g/mol. The van der Waals surface area contributed by atoms with Gasteiger partial charge in [0.15, 0.2) is 11.5 Å². The number of hydrogen-bond acceptors (Lipinski definition) is 4. The van der Waals surface area contributed by atoms with Gasteiger partial charge in [0, 0.05) is 21.5 Å². The van der Waals surface area contributed by atoms with Crippen molar-refractivity contribution < 1.29 is 9.32 Å². The van der Waals surface area contributed by atoms with E-state index in [4.69, 9.17) is 4.52 Å². The molecule has 0 atom stereocenters. The van der Waals surface area contributed by atoms with Gasteiger partial charge in [0.05, 0.1) is 17.6 Å². The Morgan fingerprint density at radius 3 is 2.57 bits per heavy atom. The average Bonchev–Trinajstić information content (AvgIpc) is 3.14. The molecule has 0 aliphatic rings. The van der Waals surface area contributed by atoms with Crippen LogP contribution in [-0.4, -0.2) is 15.5 Å². The van der Waals surface area contributed by atoms with Crippen LogP contribution >= 0.6 is 15.9 Å². The first-order chi connectivity index (χ1) is 13.5. The number of carbonyl (C=O) groups is 1. The predicted molar refractivity (Wildman–Crippen MR) is 112 cm³/mol. The van der Waals surface area contributed by atoms with E-state index in [0.29, 0.717) is 17.0 Å². The average molecular weight is 437 g/mol. The Bertz CT molecular complexity index is 1250. The first kappa shape index (κ1) is 18.4. The van der Waals surface area contributed by atoms with Crippen LogP contribution in [0.4, 0.5) is 0 Å². The zero-order valence-electron chi connectivity index (χ0n) is 15.4. The molecule has 2 aromatic heterocycles. The van der Waals surface area contributed by atoms with Gasteiger partial charge in [-0.2, -0.15) is 0 Å². The number of fused-ring (bicyclic) bond motifs is 1. The lowest BCUT2D eigenvalue weighted by molar-refractivity contribution is 0.101. The summed E-state index contributed by atoms with van der Waals surface area (Å²) in [6.07, 6.45) is 0. The van der Waals surface area contributed by atoms with Crippen molar-refractivity contribution in [3.05, 3.63) is 86.3 Å². The molecule has 2 heterocycles. The van der Waals surface area contributed by atoms with Crippen molar-refractivity contribution in [1.82, 2.24) is 9.72 Å². The third-order valence-corrected chi connectivity index (χ3v) is 5.33. The number of aromatic nitrogens is 2. The Morgan fingerprint density at radius 1 is 1.14 bits per heavy atom. The minimum absolute atomic E-state index is 0.198. The van der Waals surface area contributed by atoms with Gasteiger partial charge in [0.1, 0.15) is 5.69 Å². The van der Waals surface area contributed by atoms with Crippen LogP contribution in [0.2, 0.25) is 0 Å². The smallest absolute Gasteiger partial charge is 0.262 e. The molecule has 0 saturated heterocycles. The molecule has 0 fully saturated rings. The van der Waals surface area contributed by atoms with Crippen molar-refractivity contribution in [2.45, 2.75) is 20.4 Å². The van der Waals surface area contributed by atoms with E-state index in [1.807, 2.05) is 61.5 Å². The summed E-state index contributed by atoms with van der Waals surface area (Å²) in [5.74, 6) is 0.304. The summed E-state index contributed by atoms with van der Waals surface area (Å²) in [7, 11) is 0. The monoisotopic (exact) mass is 436 g/mol. The van der Waals surface area contributed by atoms with E-state index in [-0.39, 0.29) is 23.5 Å². The van der Waals surface area contributed by atoms with Gasteiger partial charge in [-0.15, -0.1) is 0 Å². The van der Waals surface area contributed by atoms with E-state index in [0.717, 1.165) is 20.9 Å². The Morgan fingerprint density at radius 2 is 1.86 bits per heavy atom. The molecule has 140 valence electrons. The molecule has 5 nitrogen and oxygen atoms in total. The molecule has 28 heavy (non-hydrogen) atoms. The van der Waals surface area contributed by atoms with E-state index in [1.165, 1.54) is 6.92 Å². The number of carbonyl (C=O) groups excluding carboxylic acids is 1. The second kappa shape index (κ2) is 7.20. The highest BCUT2D eigenvalue weighted by atomic mass is 79.9. The number of para-hydroxylation sites is 1. The number of Topliss-reactive ketones (excluding diaryl/α,β-unsaturated/α-hetero) is 1. The lowest BCUT2D eigenvalue weighted by Crippen LogP contribution is -2.28. The first-order valence-electron chi connectivity index (χ1n) is 8.80. The SMILES string of the molecule is CC(=O)c1c(C)c2ccccc2n(Cc2cc(-c3ccc(Br)cc3)no2)c1=O. The summed E-state index contributed by atoms with van der Waals surface area (Å²) in [5.41, 5.74) is 2.98. The van der Waals surface area contributed by atoms with Crippen LogP contribution in [0.15, 0.2) is 68.4 Å². The van der Waals surface area contributed by atoms with E-state index in [1.54, 1.807) is 4.57 Å². The van der Waals surface area contributed by atoms with Crippen molar-refractivity contribution in [2.75, 3.05) is 0 Å². The van der Waals surface area contributed by atoms with Crippen molar-refractivity contribution in [2.24, 2.45) is 0 Å². The van der Waals surface area contributed by atoms with Crippen molar-refractivity contribution in [3.63, 3.8) is 0 Å². The second-order valence-corrected chi connectivity index (χ2v) is 7.57. The van der Waals surface area contributed by atoms with Crippen LogP contribution in [0.25, 0.3) is 22.2 Å². The maximum absolute atomic E-state index is 13.0. The Balaban J connectivity index is 1.81. The van der Waals surface area contributed by atoms with E-state index in [2.05, 4.69) is 21.1 Å². The first-order valence-corrected chi connectivity index (χ1v) is 9.59. The molecule has 0 N–H and O–H groups in total. The number of halogens is 1. The van der Waals surface area contributed by atoms with Crippen LogP contribution in [0.5, 0.6) is 0 Å². The molecule has 4 aromatic rings. The topological polar surface area (TPSA) is 65.1 Å². The molecule has 0 spiro atoms. The van der Waals surface area contributed by atoms with Gasteiger partial charge in [-0.3, -0.25) is 14.2 Å².